The molecule has 1 aliphatic rings. The minimum absolute atomic E-state index is 0.235. The van der Waals surface area contributed by atoms with Gasteiger partial charge in [-0.15, -0.1) is 5.73 Å². The van der Waals surface area contributed by atoms with Crippen molar-refractivity contribution in [3.63, 3.8) is 0 Å². The van der Waals surface area contributed by atoms with Crippen molar-refractivity contribution in [2.45, 2.75) is 39.7 Å². The van der Waals surface area contributed by atoms with E-state index in [2.05, 4.69) is 19.6 Å². The molecule has 20 heavy (non-hydrogen) atoms. The third-order valence-electron chi connectivity index (χ3n) is 3.63. The van der Waals surface area contributed by atoms with Crippen LogP contribution in [0.1, 0.15) is 45.3 Å². The molecule has 0 saturated heterocycles. The van der Waals surface area contributed by atoms with Gasteiger partial charge < -0.3 is 4.74 Å². The first-order chi connectivity index (χ1) is 9.67. The summed E-state index contributed by atoms with van der Waals surface area (Å²) in [5.74, 6) is -0.235. The highest BCUT2D eigenvalue weighted by molar-refractivity contribution is 5.92. The lowest BCUT2D eigenvalue weighted by atomic mass is 9.99. The van der Waals surface area contributed by atoms with Crippen LogP contribution < -0.4 is 0 Å². The zero-order valence-electron chi connectivity index (χ0n) is 12.3. The quantitative estimate of drug-likeness (QED) is 0.593. The van der Waals surface area contributed by atoms with Gasteiger partial charge >= 0.3 is 5.97 Å². The summed E-state index contributed by atoms with van der Waals surface area (Å²) in [6, 6.07) is 9.83. The summed E-state index contributed by atoms with van der Waals surface area (Å²) in [4.78, 5) is 11.8. The summed E-state index contributed by atoms with van der Waals surface area (Å²) in [6.45, 7) is 6.05. The number of esters is 1. The molecule has 1 heterocycles. The smallest absolute Gasteiger partial charge is 0.335 e. The first-order valence-electron chi connectivity index (χ1n) is 7.08. The highest BCUT2D eigenvalue weighted by Crippen LogP contribution is 2.35. The lowest BCUT2D eigenvalue weighted by Gasteiger charge is -2.11. The molecule has 1 unspecified atom stereocenters. The number of rotatable bonds is 4. The summed E-state index contributed by atoms with van der Waals surface area (Å²) in [6.07, 6.45) is 3.57. The van der Waals surface area contributed by atoms with E-state index in [1.807, 2.05) is 43.3 Å². The number of carbonyl (C=O) groups excluding carboxylic acids is 1. The molecule has 0 radical (unpaired) electrons. The molecule has 1 aliphatic heterocycles. The van der Waals surface area contributed by atoms with Crippen molar-refractivity contribution in [1.82, 2.24) is 0 Å². The van der Waals surface area contributed by atoms with Crippen LogP contribution in [0.25, 0.3) is 0 Å². The van der Waals surface area contributed by atoms with Gasteiger partial charge in [-0.1, -0.05) is 44.2 Å². The van der Waals surface area contributed by atoms with E-state index in [0.29, 0.717) is 5.57 Å². The molecular weight excluding hydrogens is 248 g/mol. The number of carbonyl (C=O) groups is 1. The van der Waals surface area contributed by atoms with E-state index < -0.39 is 0 Å². The predicted molar refractivity (Wildman–Crippen MR) is 80.2 cm³/mol. The molecule has 2 nitrogen and oxygen atoms in total. The lowest BCUT2D eigenvalue weighted by Crippen LogP contribution is -2.02. The molecule has 0 fully saturated rings. The standard InChI is InChI=1S/C18H20O2/c1-4-14(5-2)11-12-16-13(3)18(19)20-17(16)15-9-7-6-8-10-15/h6-10,12,17H,4-5H2,1-3H3. The number of hydrogen-bond donors (Lipinski definition) is 0. The maximum absolute atomic E-state index is 11.8. The normalized spacial score (nSPS) is 17.8. The summed E-state index contributed by atoms with van der Waals surface area (Å²) >= 11 is 0. The minimum Gasteiger partial charge on any atom is -0.449 e. The third-order valence-corrected chi connectivity index (χ3v) is 3.63. The highest BCUT2D eigenvalue weighted by atomic mass is 16.5. The Bertz CT molecular complexity index is 581. The molecular formula is C18H20O2. The van der Waals surface area contributed by atoms with Crippen molar-refractivity contribution >= 4 is 5.97 Å². The fourth-order valence-corrected chi connectivity index (χ4v) is 2.27. The Balaban J connectivity index is 2.41. The SMILES string of the molecule is CCC(=C=CC1=C(C)C(=O)OC1c1ccccc1)CC. The fraction of sp³-hybridized carbons (Fsp3) is 0.333. The summed E-state index contributed by atoms with van der Waals surface area (Å²) in [7, 11) is 0. The first kappa shape index (κ1) is 14.4. The largest absolute Gasteiger partial charge is 0.449 e. The van der Waals surface area contributed by atoms with Crippen LogP contribution >= 0.6 is 0 Å². The minimum atomic E-state index is -0.300. The van der Waals surface area contributed by atoms with E-state index in [9.17, 15) is 4.79 Å². The zero-order chi connectivity index (χ0) is 14.5. The van der Waals surface area contributed by atoms with Gasteiger partial charge in [0.2, 0.25) is 0 Å². The van der Waals surface area contributed by atoms with Crippen molar-refractivity contribution in [1.29, 1.82) is 0 Å². The Hall–Kier alpha value is -2.05. The number of benzene rings is 1. The van der Waals surface area contributed by atoms with E-state index >= 15 is 0 Å². The number of hydrogen-bond acceptors (Lipinski definition) is 2. The Morgan fingerprint density at radius 2 is 1.90 bits per heavy atom. The van der Waals surface area contributed by atoms with Gasteiger partial charge in [0.15, 0.2) is 6.10 Å². The Morgan fingerprint density at radius 1 is 1.25 bits per heavy atom. The van der Waals surface area contributed by atoms with Crippen molar-refractivity contribution < 1.29 is 9.53 Å². The van der Waals surface area contributed by atoms with Gasteiger partial charge in [-0.3, -0.25) is 0 Å². The van der Waals surface area contributed by atoms with Gasteiger partial charge in [-0.2, -0.15) is 0 Å². The van der Waals surface area contributed by atoms with Crippen molar-refractivity contribution in [2.75, 3.05) is 0 Å². The zero-order valence-corrected chi connectivity index (χ0v) is 12.3. The predicted octanol–water partition coefficient (Wildman–Crippen LogP) is 4.50. The van der Waals surface area contributed by atoms with E-state index in [1.165, 1.54) is 5.57 Å². The number of cyclic esters (lactones) is 1. The van der Waals surface area contributed by atoms with Crippen LogP contribution in [0.2, 0.25) is 0 Å². The monoisotopic (exact) mass is 268 g/mol. The molecule has 0 aromatic heterocycles. The molecule has 0 amide bonds. The molecule has 1 aromatic rings. The summed E-state index contributed by atoms with van der Waals surface area (Å²) in [5.41, 5.74) is 7.16. The van der Waals surface area contributed by atoms with Gasteiger partial charge in [0.1, 0.15) is 0 Å². The van der Waals surface area contributed by atoms with Crippen molar-refractivity contribution in [3.05, 3.63) is 64.4 Å². The summed E-state index contributed by atoms with van der Waals surface area (Å²) in [5, 5.41) is 0. The molecule has 0 saturated carbocycles. The first-order valence-corrected chi connectivity index (χ1v) is 7.08. The third kappa shape index (κ3) is 2.92. The van der Waals surface area contributed by atoms with Crippen LogP contribution in [-0.4, -0.2) is 5.97 Å². The molecule has 1 atom stereocenters. The average Bonchev–Trinajstić information content (AvgIpc) is 2.77. The van der Waals surface area contributed by atoms with Gasteiger partial charge in [0.05, 0.1) is 0 Å². The van der Waals surface area contributed by atoms with E-state index in [4.69, 9.17) is 4.74 Å². The molecule has 2 heteroatoms. The van der Waals surface area contributed by atoms with Crippen LogP contribution in [0.15, 0.2) is 58.9 Å². The van der Waals surface area contributed by atoms with Crippen LogP contribution in [0.5, 0.6) is 0 Å². The molecule has 1 aromatic carbocycles. The Kier molecular flexibility index (Phi) is 4.60. The van der Waals surface area contributed by atoms with Gasteiger partial charge in [0, 0.05) is 11.1 Å². The lowest BCUT2D eigenvalue weighted by molar-refractivity contribution is -0.139. The molecule has 0 bridgehead atoms. The van der Waals surface area contributed by atoms with Crippen LogP contribution in [0, 0.1) is 0 Å². The van der Waals surface area contributed by atoms with Gasteiger partial charge in [-0.05, 0) is 37.0 Å². The van der Waals surface area contributed by atoms with E-state index in [0.717, 1.165) is 24.0 Å². The van der Waals surface area contributed by atoms with Gasteiger partial charge in [0.25, 0.3) is 0 Å². The highest BCUT2D eigenvalue weighted by Gasteiger charge is 2.30. The van der Waals surface area contributed by atoms with Crippen LogP contribution in [0.4, 0.5) is 0 Å². The topological polar surface area (TPSA) is 26.3 Å². The second kappa shape index (κ2) is 6.40. The summed E-state index contributed by atoms with van der Waals surface area (Å²) < 4.78 is 5.48. The molecule has 0 aliphatic carbocycles. The van der Waals surface area contributed by atoms with Crippen LogP contribution in [-0.2, 0) is 9.53 Å². The molecule has 0 N–H and O–H groups in total. The maximum Gasteiger partial charge on any atom is 0.335 e. The average molecular weight is 268 g/mol. The fourth-order valence-electron chi connectivity index (χ4n) is 2.27. The molecule has 104 valence electrons. The second-order valence-corrected chi connectivity index (χ2v) is 4.88. The Morgan fingerprint density at radius 3 is 2.50 bits per heavy atom. The molecule has 2 rings (SSSR count). The van der Waals surface area contributed by atoms with E-state index in [1.54, 1.807) is 0 Å². The number of ether oxygens (including phenoxy) is 1. The van der Waals surface area contributed by atoms with Crippen molar-refractivity contribution in [3.8, 4) is 0 Å². The maximum atomic E-state index is 11.8. The Labute approximate surface area is 120 Å². The van der Waals surface area contributed by atoms with E-state index in [-0.39, 0.29) is 12.1 Å². The van der Waals surface area contributed by atoms with Crippen molar-refractivity contribution in [2.24, 2.45) is 0 Å². The molecule has 0 spiro atoms. The second-order valence-electron chi connectivity index (χ2n) is 4.88. The van der Waals surface area contributed by atoms with Gasteiger partial charge in [-0.25, -0.2) is 4.79 Å². The van der Waals surface area contributed by atoms with Crippen LogP contribution in [0.3, 0.4) is 0 Å².